The van der Waals surface area contributed by atoms with Gasteiger partial charge in [0.05, 0.1) is 5.02 Å². The molecule has 0 spiro atoms. The smallest absolute Gasteiger partial charge is 0.267 e. The summed E-state index contributed by atoms with van der Waals surface area (Å²) in [5.41, 5.74) is 0.512. The van der Waals surface area contributed by atoms with Gasteiger partial charge in [-0.2, -0.15) is 0 Å². The van der Waals surface area contributed by atoms with E-state index in [1.165, 1.54) is 0 Å². The van der Waals surface area contributed by atoms with Gasteiger partial charge in [0.2, 0.25) is 0 Å². The second kappa shape index (κ2) is 5.05. The van der Waals surface area contributed by atoms with Crippen LogP contribution in [0.3, 0.4) is 0 Å². The number of rotatable bonds is 4. The highest BCUT2D eigenvalue weighted by Gasteiger charge is 2.10. The van der Waals surface area contributed by atoms with Crippen molar-refractivity contribution in [3.63, 3.8) is 0 Å². The molecule has 3 nitrogen and oxygen atoms in total. The quantitative estimate of drug-likeness (QED) is 0.795. The van der Waals surface area contributed by atoms with Crippen LogP contribution in [0.1, 0.15) is 37.2 Å². The van der Waals surface area contributed by atoms with Crippen molar-refractivity contribution >= 4 is 17.5 Å². The van der Waals surface area contributed by atoms with Gasteiger partial charge in [-0.1, -0.05) is 24.9 Å². The second-order valence-corrected chi connectivity index (χ2v) is 3.83. The van der Waals surface area contributed by atoms with E-state index in [4.69, 9.17) is 11.6 Å². The Kier molecular flexibility index (Phi) is 4.01. The number of carbonyl (C=O) groups excluding carboxylic acids is 1. The molecule has 4 heteroatoms. The lowest BCUT2D eigenvalue weighted by molar-refractivity contribution is 0.0934. The highest BCUT2D eigenvalue weighted by molar-refractivity contribution is 6.30. The van der Waals surface area contributed by atoms with Crippen molar-refractivity contribution in [3.05, 3.63) is 23.0 Å². The fourth-order valence-electron chi connectivity index (χ4n) is 1.31. The van der Waals surface area contributed by atoms with Gasteiger partial charge in [0, 0.05) is 12.2 Å². The van der Waals surface area contributed by atoms with Crippen LogP contribution in [0.4, 0.5) is 0 Å². The Morgan fingerprint density at radius 3 is 2.93 bits per heavy atom. The lowest BCUT2D eigenvalue weighted by Gasteiger charge is -2.11. The topological polar surface area (TPSA) is 44.9 Å². The minimum absolute atomic E-state index is 0.0992. The fourth-order valence-corrected chi connectivity index (χ4v) is 1.47. The molecule has 1 atom stereocenters. The van der Waals surface area contributed by atoms with Crippen molar-refractivity contribution in [2.24, 2.45) is 0 Å². The van der Waals surface area contributed by atoms with Gasteiger partial charge in [-0.25, -0.2) is 0 Å². The molecular formula is C10H15ClN2O. The maximum absolute atomic E-state index is 11.5. The third kappa shape index (κ3) is 3.07. The summed E-state index contributed by atoms with van der Waals surface area (Å²) in [5, 5.41) is 3.44. The minimum Gasteiger partial charge on any atom is -0.356 e. The number of hydrogen-bond acceptors (Lipinski definition) is 1. The molecule has 1 aromatic heterocycles. The Bertz CT molecular complexity index is 309. The van der Waals surface area contributed by atoms with Gasteiger partial charge in [-0.15, -0.1) is 0 Å². The molecule has 0 aliphatic carbocycles. The van der Waals surface area contributed by atoms with E-state index in [1.54, 1.807) is 12.3 Å². The van der Waals surface area contributed by atoms with E-state index >= 15 is 0 Å². The third-order valence-electron chi connectivity index (χ3n) is 1.99. The van der Waals surface area contributed by atoms with Gasteiger partial charge in [0.15, 0.2) is 0 Å². The van der Waals surface area contributed by atoms with Crippen LogP contribution in [0.25, 0.3) is 0 Å². The average Bonchev–Trinajstić information content (AvgIpc) is 2.52. The molecule has 2 N–H and O–H groups in total. The second-order valence-electron chi connectivity index (χ2n) is 3.39. The van der Waals surface area contributed by atoms with Crippen LogP contribution in [0.2, 0.25) is 5.02 Å². The number of nitrogens with one attached hydrogen (secondary N) is 2. The van der Waals surface area contributed by atoms with E-state index in [1.807, 2.05) is 6.92 Å². The molecule has 0 radical (unpaired) electrons. The Labute approximate surface area is 88.8 Å². The molecule has 1 heterocycles. The number of aromatic nitrogens is 1. The molecule has 0 unspecified atom stereocenters. The molecule has 1 amide bonds. The molecule has 0 saturated heterocycles. The van der Waals surface area contributed by atoms with E-state index < -0.39 is 0 Å². The molecule has 0 aliphatic rings. The van der Waals surface area contributed by atoms with Crippen molar-refractivity contribution in [3.8, 4) is 0 Å². The van der Waals surface area contributed by atoms with Crippen molar-refractivity contribution in [2.45, 2.75) is 32.7 Å². The SMILES string of the molecule is CCC[C@@H](C)NC(=O)c1cc(Cl)c[nH]1. The van der Waals surface area contributed by atoms with Gasteiger partial charge in [-0.05, 0) is 19.4 Å². The molecule has 1 rings (SSSR count). The average molecular weight is 215 g/mol. The Morgan fingerprint density at radius 2 is 2.43 bits per heavy atom. The van der Waals surface area contributed by atoms with Crippen molar-refractivity contribution in [1.82, 2.24) is 10.3 Å². The summed E-state index contributed by atoms with van der Waals surface area (Å²) in [4.78, 5) is 14.4. The summed E-state index contributed by atoms with van der Waals surface area (Å²) in [7, 11) is 0. The zero-order valence-electron chi connectivity index (χ0n) is 8.43. The van der Waals surface area contributed by atoms with Crippen LogP contribution < -0.4 is 5.32 Å². The first-order valence-electron chi connectivity index (χ1n) is 4.78. The van der Waals surface area contributed by atoms with Crippen molar-refractivity contribution in [1.29, 1.82) is 0 Å². The Balaban J connectivity index is 2.50. The first-order chi connectivity index (χ1) is 6.63. The summed E-state index contributed by atoms with van der Waals surface area (Å²) < 4.78 is 0. The maximum Gasteiger partial charge on any atom is 0.267 e. The van der Waals surface area contributed by atoms with E-state index in [-0.39, 0.29) is 11.9 Å². The van der Waals surface area contributed by atoms with E-state index in [0.717, 1.165) is 12.8 Å². The largest absolute Gasteiger partial charge is 0.356 e. The summed E-state index contributed by atoms with van der Waals surface area (Å²) in [5.74, 6) is -0.0992. The predicted octanol–water partition coefficient (Wildman–Crippen LogP) is 2.59. The summed E-state index contributed by atoms with van der Waals surface area (Å²) in [6.07, 6.45) is 3.65. The van der Waals surface area contributed by atoms with Crippen LogP contribution in [-0.2, 0) is 0 Å². The monoisotopic (exact) mass is 214 g/mol. The van der Waals surface area contributed by atoms with Gasteiger partial charge < -0.3 is 10.3 Å². The zero-order chi connectivity index (χ0) is 10.6. The third-order valence-corrected chi connectivity index (χ3v) is 2.21. The lowest BCUT2D eigenvalue weighted by atomic mass is 10.2. The first kappa shape index (κ1) is 11.1. The molecular weight excluding hydrogens is 200 g/mol. The molecule has 0 saturated carbocycles. The number of aromatic amines is 1. The van der Waals surface area contributed by atoms with Crippen LogP contribution in [0.5, 0.6) is 0 Å². The van der Waals surface area contributed by atoms with Crippen LogP contribution in [0, 0.1) is 0 Å². The number of carbonyl (C=O) groups is 1. The van der Waals surface area contributed by atoms with Crippen molar-refractivity contribution < 1.29 is 4.79 Å². The summed E-state index contributed by atoms with van der Waals surface area (Å²) in [6, 6.07) is 1.82. The molecule has 14 heavy (non-hydrogen) atoms. The van der Waals surface area contributed by atoms with Crippen LogP contribution in [-0.4, -0.2) is 16.9 Å². The van der Waals surface area contributed by atoms with Crippen molar-refractivity contribution in [2.75, 3.05) is 0 Å². The zero-order valence-corrected chi connectivity index (χ0v) is 9.19. The number of amides is 1. The fraction of sp³-hybridized carbons (Fsp3) is 0.500. The number of H-pyrrole nitrogens is 1. The Hall–Kier alpha value is -0.960. The number of hydrogen-bond donors (Lipinski definition) is 2. The van der Waals surface area contributed by atoms with E-state index in [2.05, 4.69) is 17.2 Å². The molecule has 0 bridgehead atoms. The molecule has 0 fully saturated rings. The molecule has 1 aromatic rings. The van der Waals surface area contributed by atoms with Crippen LogP contribution in [0.15, 0.2) is 12.3 Å². The predicted molar refractivity (Wildman–Crippen MR) is 57.6 cm³/mol. The minimum atomic E-state index is -0.0992. The van der Waals surface area contributed by atoms with Gasteiger partial charge in [0.1, 0.15) is 5.69 Å². The highest BCUT2D eigenvalue weighted by atomic mass is 35.5. The van der Waals surface area contributed by atoms with E-state index in [9.17, 15) is 4.79 Å². The summed E-state index contributed by atoms with van der Waals surface area (Å²) in [6.45, 7) is 4.08. The maximum atomic E-state index is 11.5. The van der Waals surface area contributed by atoms with Gasteiger partial charge >= 0.3 is 0 Å². The molecule has 0 aromatic carbocycles. The first-order valence-corrected chi connectivity index (χ1v) is 5.16. The number of halogens is 1. The molecule has 78 valence electrons. The van der Waals surface area contributed by atoms with Gasteiger partial charge in [-0.3, -0.25) is 4.79 Å². The highest BCUT2D eigenvalue weighted by Crippen LogP contribution is 2.09. The molecule has 0 aliphatic heterocycles. The van der Waals surface area contributed by atoms with Gasteiger partial charge in [0.25, 0.3) is 5.91 Å². The lowest BCUT2D eigenvalue weighted by Crippen LogP contribution is -2.32. The summed E-state index contributed by atoms with van der Waals surface area (Å²) >= 11 is 5.69. The van der Waals surface area contributed by atoms with Crippen LogP contribution >= 0.6 is 11.6 Å². The van der Waals surface area contributed by atoms with E-state index in [0.29, 0.717) is 10.7 Å². The Morgan fingerprint density at radius 1 is 1.71 bits per heavy atom. The standard InChI is InChI=1S/C10H15ClN2O/c1-3-4-7(2)13-10(14)9-5-8(11)6-12-9/h5-7,12H,3-4H2,1-2H3,(H,13,14)/t7-/m1/s1. The normalized spacial score (nSPS) is 12.5.